The number of carbonyl (C=O) groups excluding carboxylic acids is 1. The van der Waals surface area contributed by atoms with Crippen LogP contribution in [0.15, 0.2) is 46.9 Å². The minimum absolute atomic E-state index is 0.0147. The van der Waals surface area contributed by atoms with Gasteiger partial charge in [0.2, 0.25) is 5.91 Å². The lowest BCUT2D eigenvalue weighted by molar-refractivity contribution is -0.116. The molecule has 2 rings (SSSR count). The lowest BCUT2D eigenvalue weighted by Gasteiger charge is -2.08. The Labute approximate surface area is 144 Å². The summed E-state index contributed by atoms with van der Waals surface area (Å²) in [7, 11) is 1.63. The molecule has 0 atom stereocenters. The van der Waals surface area contributed by atoms with Gasteiger partial charge < -0.3 is 14.8 Å². The maximum atomic E-state index is 11.9. The van der Waals surface area contributed by atoms with Crippen LogP contribution in [0, 0.1) is 6.92 Å². The SMILES string of the molecule is COc1ccc(OCCCC(=O)Nc2ccc(C)c(Br)c2)cc1. The molecule has 2 aromatic rings. The number of methoxy groups -OCH3 is 1. The molecule has 0 unspecified atom stereocenters. The highest BCUT2D eigenvalue weighted by molar-refractivity contribution is 9.10. The standard InChI is InChI=1S/C18H20BrNO3/c1-13-5-6-14(12-17(13)19)20-18(21)4-3-11-23-16-9-7-15(22-2)8-10-16/h5-10,12H,3-4,11H2,1-2H3,(H,20,21). The Balaban J connectivity index is 1.70. The van der Waals surface area contributed by atoms with E-state index in [1.807, 2.05) is 49.4 Å². The summed E-state index contributed by atoms with van der Waals surface area (Å²) in [5.74, 6) is 1.55. The Hall–Kier alpha value is -2.01. The van der Waals surface area contributed by atoms with Crippen molar-refractivity contribution in [2.24, 2.45) is 0 Å². The van der Waals surface area contributed by atoms with Gasteiger partial charge in [0.25, 0.3) is 0 Å². The number of ether oxygens (including phenoxy) is 2. The molecule has 1 amide bonds. The lowest BCUT2D eigenvalue weighted by atomic mass is 10.2. The third kappa shape index (κ3) is 5.60. The van der Waals surface area contributed by atoms with Crippen molar-refractivity contribution in [1.82, 2.24) is 0 Å². The zero-order valence-electron chi connectivity index (χ0n) is 13.3. The summed E-state index contributed by atoms with van der Waals surface area (Å²) < 4.78 is 11.7. The Morgan fingerprint density at radius 2 is 1.83 bits per heavy atom. The second kappa shape index (κ2) is 8.58. The summed E-state index contributed by atoms with van der Waals surface area (Å²) in [6.45, 7) is 2.50. The fraction of sp³-hybridized carbons (Fsp3) is 0.278. The Kier molecular flexibility index (Phi) is 6.47. The average Bonchev–Trinajstić information content (AvgIpc) is 2.55. The number of amides is 1. The van der Waals surface area contributed by atoms with E-state index in [2.05, 4.69) is 21.2 Å². The summed E-state index contributed by atoms with van der Waals surface area (Å²) in [4.78, 5) is 11.9. The smallest absolute Gasteiger partial charge is 0.224 e. The van der Waals surface area contributed by atoms with Crippen molar-refractivity contribution in [1.29, 1.82) is 0 Å². The van der Waals surface area contributed by atoms with Gasteiger partial charge in [0, 0.05) is 16.6 Å². The van der Waals surface area contributed by atoms with E-state index in [0.717, 1.165) is 27.2 Å². The Morgan fingerprint density at radius 3 is 2.48 bits per heavy atom. The van der Waals surface area contributed by atoms with Gasteiger partial charge in [-0.15, -0.1) is 0 Å². The molecule has 0 saturated carbocycles. The van der Waals surface area contributed by atoms with Crippen LogP contribution in [-0.2, 0) is 4.79 Å². The highest BCUT2D eigenvalue weighted by atomic mass is 79.9. The molecule has 0 aromatic heterocycles. The highest BCUT2D eigenvalue weighted by Crippen LogP contribution is 2.21. The molecule has 0 aliphatic carbocycles. The minimum atomic E-state index is -0.0147. The van der Waals surface area contributed by atoms with Gasteiger partial charge in [-0.1, -0.05) is 22.0 Å². The van der Waals surface area contributed by atoms with Crippen molar-refractivity contribution in [3.8, 4) is 11.5 Å². The molecule has 0 aliphatic heterocycles. The number of anilines is 1. The number of halogens is 1. The van der Waals surface area contributed by atoms with Crippen molar-refractivity contribution >= 4 is 27.5 Å². The van der Waals surface area contributed by atoms with Crippen LogP contribution in [0.2, 0.25) is 0 Å². The quantitative estimate of drug-likeness (QED) is 0.719. The van der Waals surface area contributed by atoms with E-state index < -0.39 is 0 Å². The maximum absolute atomic E-state index is 11.9. The molecule has 0 fully saturated rings. The number of carbonyl (C=O) groups is 1. The van der Waals surface area contributed by atoms with Crippen LogP contribution < -0.4 is 14.8 Å². The normalized spacial score (nSPS) is 10.2. The highest BCUT2D eigenvalue weighted by Gasteiger charge is 2.04. The predicted octanol–water partition coefficient (Wildman–Crippen LogP) is 4.56. The van der Waals surface area contributed by atoms with Crippen molar-refractivity contribution in [2.45, 2.75) is 19.8 Å². The first-order valence-electron chi connectivity index (χ1n) is 7.41. The zero-order chi connectivity index (χ0) is 16.7. The molecule has 122 valence electrons. The van der Waals surface area contributed by atoms with Crippen LogP contribution in [0.4, 0.5) is 5.69 Å². The molecule has 0 heterocycles. The van der Waals surface area contributed by atoms with E-state index in [1.165, 1.54) is 0 Å². The fourth-order valence-electron chi connectivity index (χ4n) is 1.99. The average molecular weight is 378 g/mol. The summed E-state index contributed by atoms with van der Waals surface area (Å²) in [6, 6.07) is 13.2. The van der Waals surface area contributed by atoms with Gasteiger partial charge in [-0.25, -0.2) is 0 Å². The molecule has 0 saturated heterocycles. The van der Waals surface area contributed by atoms with Crippen LogP contribution >= 0.6 is 15.9 Å². The third-order valence-corrected chi connectivity index (χ3v) is 4.19. The van der Waals surface area contributed by atoms with Crippen LogP contribution in [-0.4, -0.2) is 19.6 Å². The second-order valence-corrected chi connectivity index (χ2v) is 5.99. The van der Waals surface area contributed by atoms with Gasteiger partial charge in [-0.2, -0.15) is 0 Å². The summed E-state index contributed by atoms with van der Waals surface area (Å²) in [5.41, 5.74) is 1.93. The van der Waals surface area contributed by atoms with E-state index in [9.17, 15) is 4.79 Å². The van der Waals surface area contributed by atoms with Gasteiger partial charge in [0.1, 0.15) is 11.5 Å². The Bertz CT molecular complexity index is 656. The van der Waals surface area contributed by atoms with E-state index in [4.69, 9.17) is 9.47 Å². The third-order valence-electron chi connectivity index (χ3n) is 3.33. The summed E-state index contributed by atoms with van der Waals surface area (Å²) in [5, 5.41) is 2.88. The van der Waals surface area contributed by atoms with Crippen molar-refractivity contribution in [2.75, 3.05) is 19.0 Å². The maximum Gasteiger partial charge on any atom is 0.224 e. The van der Waals surface area contributed by atoms with Gasteiger partial charge >= 0.3 is 0 Å². The van der Waals surface area contributed by atoms with E-state index in [0.29, 0.717) is 19.4 Å². The minimum Gasteiger partial charge on any atom is -0.497 e. The van der Waals surface area contributed by atoms with Crippen LogP contribution in [0.5, 0.6) is 11.5 Å². The number of hydrogen-bond donors (Lipinski definition) is 1. The first kappa shape index (κ1) is 17.3. The van der Waals surface area contributed by atoms with Gasteiger partial charge in [0.15, 0.2) is 0 Å². The van der Waals surface area contributed by atoms with E-state index >= 15 is 0 Å². The zero-order valence-corrected chi connectivity index (χ0v) is 14.9. The molecule has 0 bridgehead atoms. The van der Waals surface area contributed by atoms with Gasteiger partial charge in [-0.05, 0) is 55.3 Å². The number of nitrogens with one attached hydrogen (secondary N) is 1. The molecule has 0 radical (unpaired) electrons. The Morgan fingerprint density at radius 1 is 1.13 bits per heavy atom. The number of rotatable bonds is 7. The monoisotopic (exact) mass is 377 g/mol. The lowest BCUT2D eigenvalue weighted by Crippen LogP contribution is -2.12. The van der Waals surface area contributed by atoms with E-state index in [1.54, 1.807) is 7.11 Å². The van der Waals surface area contributed by atoms with Crippen molar-refractivity contribution < 1.29 is 14.3 Å². The molecule has 23 heavy (non-hydrogen) atoms. The molecular formula is C18H20BrNO3. The van der Waals surface area contributed by atoms with Crippen molar-refractivity contribution in [3.63, 3.8) is 0 Å². The summed E-state index contributed by atoms with van der Waals surface area (Å²) in [6.07, 6.45) is 1.08. The molecule has 5 heteroatoms. The van der Waals surface area contributed by atoms with Crippen LogP contribution in [0.1, 0.15) is 18.4 Å². The first-order chi connectivity index (χ1) is 11.1. The molecular weight excluding hydrogens is 358 g/mol. The molecule has 2 aromatic carbocycles. The largest absolute Gasteiger partial charge is 0.497 e. The van der Waals surface area contributed by atoms with Crippen molar-refractivity contribution in [3.05, 3.63) is 52.5 Å². The van der Waals surface area contributed by atoms with Gasteiger partial charge in [-0.3, -0.25) is 4.79 Å². The molecule has 0 spiro atoms. The predicted molar refractivity (Wildman–Crippen MR) is 95.2 cm³/mol. The van der Waals surface area contributed by atoms with E-state index in [-0.39, 0.29) is 5.91 Å². The van der Waals surface area contributed by atoms with Crippen LogP contribution in [0.3, 0.4) is 0 Å². The molecule has 1 N–H and O–H groups in total. The van der Waals surface area contributed by atoms with Gasteiger partial charge in [0.05, 0.1) is 13.7 Å². The number of aryl methyl sites for hydroxylation is 1. The molecule has 0 aliphatic rings. The number of hydrogen-bond acceptors (Lipinski definition) is 3. The molecule has 4 nitrogen and oxygen atoms in total. The van der Waals surface area contributed by atoms with Crippen LogP contribution in [0.25, 0.3) is 0 Å². The second-order valence-electron chi connectivity index (χ2n) is 5.14. The number of benzene rings is 2. The summed E-state index contributed by atoms with van der Waals surface area (Å²) >= 11 is 3.46. The fourth-order valence-corrected chi connectivity index (χ4v) is 2.37. The first-order valence-corrected chi connectivity index (χ1v) is 8.20. The topological polar surface area (TPSA) is 47.6 Å².